The molecule has 1 aromatic carbocycles. The first-order valence-corrected chi connectivity index (χ1v) is 5.54. The summed E-state index contributed by atoms with van der Waals surface area (Å²) in [5, 5.41) is 0. The third-order valence-electron chi connectivity index (χ3n) is 2.99. The van der Waals surface area contributed by atoms with E-state index in [1.807, 2.05) is 0 Å². The lowest BCUT2D eigenvalue weighted by Crippen LogP contribution is -2.23. The largest absolute Gasteiger partial charge is 0.324 e. The minimum absolute atomic E-state index is 0.193. The number of rotatable bonds is 0. The molecule has 1 aliphatic rings. The van der Waals surface area contributed by atoms with E-state index in [9.17, 15) is 0 Å². The van der Waals surface area contributed by atoms with Crippen LogP contribution >= 0.6 is 0 Å². The summed E-state index contributed by atoms with van der Waals surface area (Å²) in [6, 6.07) is 6.93. The fraction of sp³-hybridized carbons (Fsp3) is 0.429. The first kappa shape index (κ1) is 10.4. The molecule has 2 rings (SSSR count). The van der Waals surface area contributed by atoms with Crippen LogP contribution in [0.25, 0.3) is 6.08 Å². The third kappa shape index (κ3) is 2.13. The van der Waals surface area contributed by atoms with Gasteiger partial charge in [0.1, 0.15) is 0 Å². The molecule has 0 aromatic heterocycles. The van der Waals surface area contributed by atoms with E-state index in [0.717, 1.165) is 6.42 Å². The van der Waals surface area contributed by atoms with Gasteiger partial charge in [-0.2, -0.15) is 0 Å². The number of fused-ring (bicyclic) bond motifs is 1. The van der Waals surface area contributed by atoms with E-state index in [0.29, 0.717) is 0 Å². The van der Waals surface area contributed by atoms with Crippen molar-refractivity contribution in [1.29, 1.82) is 0 Å². The molecule has 1 aromatic rings. The van der Waals surface area contributed by atoms with Gasteiger partial charge < -0.3 is 5.73 Å². The maximum atomic E-state index is 5.89. The van der Waals surface area contributed by atoms with Gasteiger partial charge in [-0.15, -0.1) is 0 Å². The normalized spacial score (nSPS) is 20.1. The quantitative estimate of drug-likeness (QED) is 0.686. The fourth-order valence-electron chi connectivity index (χ4n) is 1.95. The topological polar surface area (TPSA) is 26.0 Å². The Kier molecular flexibility index (Phi) is 2.43. The predicted octanol–water partition coefficient (Wildman–Crippen LogP) is 2.88. The van der Waals surface area contributed by atoms with Gasteiger partial charge >= 0.3 is 0 Å². The highest BCUT2D eigenvalue weighted by atomic mass is 14.6. The zero-order chi connectivity index (χ0) is 11.1. The van der Waals surface area contributed by atoms with Crippen molar-refractivity contribution in [2.75, 3.05) is 0 Å². The zero-order valence-corrected chi connectivity index (χ0v) is 9.75. The summed E-state index contributed by atoms with van der Waals surface area (Å²) in [5.41, 5.74) is 10.2. The van der Waals surface area contributed by atoms with Gasteiger partial charge in [0, 0.05) is 6.04 Å². The van der Waals surface area contributed by atoms with E-state index >= 15 is 0 Å². The van der Waals surface area contributed by atoms with E-state index in [1.54, 1.807) is 0 Å². The standard InChI is InChI=1S/C14H19N/c1-14(2,3)12-6-4-11-9-13(15)7-5-10(11)8-12/h4-8,13H,9,15H2,1-3H3. The van der Waals surface area contributed by atoms with Crippen LogP contribution in [-0.4, -0.2) is 6.04 Å². The molecule has 0 fully saturated rings. The van der Waals surface area contributed by atoms with Crippen molar-refractivity contribution in [3.63, 3.8) is 0 Å². The highest BCUT2D eigenvalue weighted by molar-refractivity contribution is 5.59. The molecule has 0 saturated heterocycles. The second-order valence-electron chi connectivity index (χ2n) is 5.39. The average molecular weight is 201 g/mol. The van der Waals surface area contributed by atoms with Crippen LogP contribution in [0.3, 0.4) is 0 Å². The van der Waals surface area contributed by atoms with Crippen molar-refractivity contribution < 1.29 is 0 Å². The molecule has 1 aliphatic carbocycles. The molecule has 1 unspecified atom stereocenters. The molecule has 1 nitrogen and oxygen atoms in total. The van der Waals surface area contributed by atoms with Gasteiger partial charge in [-0.1, -0.05) is 51.1 Å². The lowest BCUT2D eigenvalue weighted by molar-refractivity contribution is 0.589. The van der Waals surface area contributed by atoms with E-state index < -0.39 is 0 Å². The Morgan fingerprint density at radius 2 is 2.00 bits per heavy atom. The maximum absolute atomic E-state index is 5.89. The molecule has 1 heteroatoms. The van der Waals surface area contributed by atoms with Crippen molar-refractivity contribution >= 4 is 6.08 Å². The first-order chi connectivity index (χ1) is 6.97. The molecule has 1 atom stereocenters. The summed E-state index contributed by atoms with van der Waals surface area (Å²) in [4.78, 5) is 0. The van der Waals surface area contributed by atoms with Crippen molar-refractivity contribution in [1.82, 2.24) is 0 Å². The van der Waals surface area contributed by atoms with Crippen molar-refractivity contribution in [2.45, 2.75) is 38.6 Å². The molecule has 0 spiro atoms. The van der Waals surface area contributed by atoms with Crippen molar-refractivity contribution in [3.8, 4) is 0 Å². The highest BCUT2D eigenvalue weighted by Crippen LogP contribution is 2.27. The Morgan fingerprint density at radius 1 is 1.27 bits per heavy atom. The van der Waals surface area contributed by atoms with Crippen molar-refractivity contribution in [3.05, 3.63) is 41.0 Å². The van der Waals surface area contributed by atoms with Gasteiger partial charge in [0.2, 0.25) is 0 Å². The summed E-state index contributed by atoms with van der Waals surface area (Å²) < 4.78 is 0. The SMILES string of the molecule is CC(C)(C)c1ccc2c(c1)C=CC(N)C2. The Morgan fingerprint density at radius 3 is 2.67 bits per heavy atom. The van der Waals surface area contributed by atoms with E-state index in [1.165, 1.54) is 16.7 Å². The Balaban J connectivity index is 2.42. The molecule has 0 radical (unpaired) electrons. The van der Waals surface area contributed by atoms with Crippen LogP contribution in [0.2, 0.25) is 0 Å². The van der Waals surface area contributed by atoms with Crippen LogP contribution in [-0.2, 0) is 11.8 Å². The lowest BCUT2D eigenvalue weighted by Gasteiger charge is -2.22. The highest BCUT2D eigenvalue weighted by Gasteiger charge is 2.16. The molecule has 0 aliphatic heterocycles. The summed E-state index contributed by atoms with van der Waals surface area (Å²) in [7, 11) is 0. The van der Waals surface area contributed by atoms with Gasteiger partial charge in [0.15, 0.2) is 0 Å². The monoisotopic (exact) mass is 201 g/mol. The number of hydrogen-bond donors (Lipinski definition) is 1. The van der Waals surface area contributed by atoms with Gasteiger partial charge in [0.05, 0.1) is 0 Å². The van der Waals surface area contributed by atoms with Gasteiger partial charge in [-0.25, -0.2) is 0 Å². The molecule has 2 N–H and O–H groups in total. The Labute approximate surface area is 92.0 Å². The zero-order valence-electron chi connectivity index (χ0n) is 9.75. The second kappa shape index (κ2) is 3.49. The van der Waals surface area contributed by atoms with Crippen LogP contribution < -0.4 is 5.73 Å². The number of nitrogens with two attached hydrogens (primary N) is 1. The van der Waals surface area contributed by atoms with E-state index in [-0.39, 0.29) is 11.5 Å². The molecule has 0 amide bonds. The van der Waals surface area contributed by atoms with E-state index in [2.05, 4.69) is 51.1 Å². The minimum atomic E-state index is 0.193. The molecular formula is C14H19N. The smallest absolute Gasteiger partial charge is 0.0268 e. The molecular weight excluding hydrogens is 182 g/mol. The molecule has 15 heavy (non-hydrogen) atoms. The summed E-state index contributed by atoms with van der Waals surface area (Å²) in [6.45, 7) is 6.73. The molecule has 0 heterocycles. The third-order valence-corrected chi connectivity index (χ3v) is 2.99. The lowest BCUT2D eigenvalue weighted by atomic mass is 9.83. The Bertz CT molecular complexity index is 396. The second-order valence-corrected chi connectivity index (χ2v) is 5.39. The van der Waals surface area contributed by atoms with Crippen LogP contribution in [0.4, 0.5) is 0 Å². The fourth-order valence-corrected chi connectivity index (χ4v) is 1.95. The van der Waals surface area contributed by atoms with Crippen LogP contribution in [0, 0.1) is 0 Å². The molecule has 0 bridgehead atoms. The summed E-state index contributed by atoms with van der Waals surface area (Å²) >= 11 is 0. The molecule has 80 valence electrons. The van der Waals surface area contributed by atoms with E-state index in [4.69, 9.17) is 5.73 Å². The van der Waals surface area contributed by atoms with Crippen LogP contribution in [0.15, 0.2) is 24.3 Å². The number of hydrogen-bond acceptors (Lipinski definition) is 1. The minimum Gasteiger partial charge on any atom is -0.324 e. The first-order valence-electron chi connectivity index (χ1n) is 5.54. The summed E-state index contributed by atoms with van der Waals surface area (Å²) in [6.07, 6.45) is 5.21. The average Bonchev–Trinajstić information content (AvgIpc) is 2.15. The van der Waals surface area contributed by atoms with Crippen molar-refractivity contribution in [2.24, 2.45) is 5.73 Å². The van der Waals surface area contributed by atoms with Crippen LogP contribution in [0.5, 0.6) is 0 Å². The Hall–Kier alpha value is -1.08. The van der Waals surface area contributed by atoms with Gasteiger partial charge in [-0.3, -0.25) is 0 Å². The van der Waals surface area contributed by atoms with Gasteiger partial charge in [0.25, 0.3) is 0 Å². The molecule has 0 saturated carbocycles. The van der Waals surface area contributed by atoms with Crippen LogP contribution in [0.1, 0.15) is 37.5 Å². The predicted molar refractivity (Wildman–Crippen MR) is 65.9 cm³/mol. The van der Waals surface area contributed by atoms with Gasteiger partial charge in [-0.05, 0) is 28.5 Å². The maximum Gasteiger partial charge on any atom is 0.0268 e. The number of benzene rings is 1. The summed E-state index contributed by atoms with van der Waals surface area (Å²) in [5.74, 6) is 0.